The first kappa shape index (κ1) is 12.4. The third-order valence-corrected chi connectivity index (χ3v) is 3.46. The van der Waals surface area contributed by atoms with Crippen LogP contribution in [0.3, 0.4) is 0 Å². The smallest absolute Gasteiger partial charge is 0.0316 e. The SMILES string of the molecule is CC(Cl)CC(C)(C)c1cccc2ccccc12. The minimum atomic E-state index is 0.113. The van der Waals surface area contributed by atoms with Crippen LogP contribution in [0.2, 0.25) is 0 Å². The van der Waals surface area contributed by atoms with Crippen molar-refractivity contribution in [1.82, 2.24) is 0 Å². The molecule has 2 aromatic carbocycles. The van der Waals surface area contributed by atoms with Gasteiger partial charge in [-0.3, -0.25) is 0 Å². The Labute approximate surface area is 109 Å². The highest BCUT2D eigenvalue weighted by molar-refractivity contribution is 6.20. The molecule has 0 amide bonds. The molecule has 0 fully saturated rings. The molecule has 0 aromatic heterocycles. The predicted molar refractivity (Wildman–Crippen MR) is 76.9 cm³/mol. The fourth-order valence-electron chi connectivity index (χ4n) is 2.63. The molecule has 1 heteroatoms. The second kappa shape index (κ2) is 4.70. The van der Waals surface area contributed by atoms with Gasteiger partial charge in [-0.15, -0.1) is 11.6 Å². The van der Waals surface area contributed by atoms with Crippen molar-refractivity contribution in [2.45, 2.75) is 38.0 Å². The molecule has 1 unspecified atom stereocenters. The van der Waals surface area contributed by atoms with Crippen LogP contribution >= 0.6 is 11.6 Å². The fraction of sp³-hybridized carbons (Fsp3) is 0.375. The lowest BCUT2D eigenvalue weighted by Gasteiger charge is -2.28. The van der Waals surface area contributed by atoms with Gasteiger partial charge in [-0.1, -0.05) is 56.3 Å². The van der Waals surface area contributed by atoms with E-state index in [9.17, 15) is 0 Å². The molecule has 0 saturated carbocycles. The average molecular weight is 247 g/mol. The molecule has 17 heavy (non-hydrogen) atoms. The van der Waals surface area contributed by atoms with Gasteiger partial charge in [0.05, 0.1) is 0 Å². The van der Waals surface area contributed by atoms with Crippen LogP contribution in [0.15, 0.2) is 42.5 Å². The van der Waals surface area contributed by atoms with Crippen molar-refractivity contribution >= 4 is 22.4 Å². The van der Waals surface area contributed by atoms with Crippen LogP contribution in [0.25, 0.3) is 10.8 Å². The zero-order valence-corrected chi connectivity index (χ0v) is 11.5. The molecule has 0 N–H and O–H groups in total. The lowest BCUT2D eigenvalue weighted by molar-refractivity contribution is 0.481. The summed E-state index contributed by atoms with van der Waals surface area (Å²) in [5.41, 5.74) is 1.50. The monoisotopic (exact) mass is 246 g/mol. The highest BCUT2D eigenvalue weighted by Gasteiger charge is 2.24. The molecule has 0 nitrogen and oxygen atoms in total. The van der Waals surface area contributed by atoms with Gasteiger partial charge in [-0.2, -0.15) is 0 Å². The van der Waals surface area contributed by atoms with E-state index in [-0.39, 0.29) is 10.8 Å². The minimum Gasteiger partial charge on any atom is -0.123 e. The third-order valence-electron chi connectivity index (χ3n) is 3.31. The zero-order valence-electron chi connectivity index (χ0n) is 10.7. The second-order valence-corrected chi connectivity index (χ2v) is 6.14. The van der Waals surface area contributed by atoms with Crippen LogP contribution in [-0.2, 0) is 5.41 Å². The summed E-state index contributed by atoms with van der Waals surface area (Å²) in [5.74, 6) is 0. The summed E-state index contributed by atoms with van der Waals surface area (Å²) >= 11 is 6.16. The first-order chi connectivity index (χ1) is 8.00. The number of hydrogen-bond donors (Lipinski definition) is 0. The lowest BCUT2D eigenvalue weighted by atomic mass is 9.78. The Morgan fingerprint density at radius 1 is 1.06 bits per heavy atom. The molecule has 0 bridgehead atoms. The summed E-state index contributed by atoms with van der Waals surface area (Å²) < 4.78 is 0. The Hall–Kier alpha value is -1.01. The molecular weight excluding hydrogens is 228 g/mol. The van der Waals surface area contributed by atoms with Gasteiger partial charge in [-0.05, 0) is 35.1 Å². The Balaban J connectivity index is 2.55. The topological polar surface area (TPSA) is 0 Å². The van der Waals surface area contributed by atoms with Gasteiger partial charge in [0.1, 0.15) is 0 Å². The quantitative estimate of drug-likeness (QED) is 0.659. The highest BCUT2D eigenvalue weighted by atomic mass is 35.5. The van der Waals surface area contributed by atoms with Gasteiger partial charge in [0, 0.05) is 5.38 Å². The number of hydrogen-bond acceptors (Lipinski definition) is 0. The molecule has 0 aliphatic heterocycles. The number of halogens is 1. The lowest BCUT2D eigenvalue weighted by Crippen LogP contribution is -2.21. The molecule has 2 rings (SSSR count). The van der Waals surface area contributed by atoms with E-state index in [4.69, 9.17) is 11.6 Å². The maximum absolute atomic E-state index is 6.16. The first-order valence-electron chi connectivity index (χ1n) is 6.13. The van der Waals surface area contributed by atoms with E-state index in [1.165, 1.54) is 16.3 Å². The van der Waals surface area contributed by atoms with Crippen LogP contribution in [-0.4, -0.2) is 5.38 Å². The van der Waals surface area contributed by atoms with Crippen molar-refractivity contribution in [2.24, 2.45) is 0 Å². The average Bonchev–Trinajstić information content (AvgIpc) is 2.26. The summed E-state index contributed by atoms with van der Waals surface area (Å²) in [5, 5.41) is 2.85. The number of fused-ring (bicyclic) bond motifs is 1. The van der Waals surface area contributed by atoms with E-state index in [2.05, 4.69) is 63.2 Å². The van der Waals surface area contributed by atoms with Crippen LogP contribution in [0.4, 0.5) is 0 Å². The predicted octanol–water partition coefficient (Wildman–Crippen LogP) is 5.13. The molecule has 0 heterocycles. The van der Waals surface area contributed by atoms with Gasteiger partial charge in [0.15, 0.2) is 0 Å². The Kier molecular flexibility index (Phi) is 3.44. The Morgan fingerprint density at radius 2 is 1.71 bits per heavy atom. The Morgan fingerprint density at radius 3 is 2.41 bits per heavy atom. The molecule has 90 valence electrons. The molecular formula is C16H19Cl. The minimum absolute atomic E-state index is 0.113. The van der Waals surface area contributed by atoms with Gasteiger partial charge >= 0.3 is 0 Å². The number of rotatable bonds is 3. The number of alkyl halides is 1. The fourth-order valence-corrected chi connectivity index (χ4v) is 3.01. The van der Waals surface area contributed by atoms with E-state index in [1.807, 2.05) is 0 Å². The van der Waals surface area contributed by atoms with Crippen molar-refractivity contribution in [1.29, 1.82) is 0 Å². The largest absolute Gasteiger partial charge is 0.123 e. The molecule has 0 saturated heterocycles. The maximum Gasteiger partial charge on any atom is 0.0316 e. The van der Waals surface area contributed by atoms with Crippen molar-refractivity contribution in [3.05, 3.63) is 48.0 Å². The van der Waals surface area contributed by atoms with Crippen molar-refractivity contribution in [3.8, 4) is 0 Å². The van der Waals surface area contributed by atoms with Crippen molar-refractivity contribution < 1.29 is 0 Å². The van der Waals surface area contributed by atoms with E-state index < -0.39 is 0 Å². The second-order valence-electron chi connectivity index (χ2n) is 5.40. The number of benzene rings is 2. The standard InChI is InChI=1S/C16H19Cl/c1-12(17)11-16(2,3)15-10-6-8-13-7-4-5-9-14(13)15/h4-10,12H,11H2,1-3H3. The summed E-state index contributed by atoms with van der Waals surface area (Å²) in [7, 11) is 0. The van der Waals surface area contributed by atoms with Crippen molar-refractivity contribution in [3.63, 3.8) is 0 Å². The normalized spacial score (nSPS) is 13.9. The maximum atomic E-state index is 6.16. The van der Waals surface area contributed by atoms with Gasteiger partial charge < -0.3 is 0 Å². The molecule has 0 radical (unpaired) electrons. The van der Waals surface area contributed by atoms with E-state index >= 15 is 0 Å². The zero-order chi connectivity index (χ0) is 12.5. The van der Waals surface area contributed by atoms with Crippen LogP contribution < -0.4 is 0 Å². The highest BCUT2D eigenvalue weighted by Crippen LogP contribution is 2.34. The molecule has 0 aliphatic rings. The Bertz CT molecular complexity index is 506. The third kappa shape index (κ3) is 2.63. The van der Waals surface area contributed by atoms with E-state index in [0.717, 1.165) is 6.42 Å². The van der Waals surface area contributed by atoms with Gasteiger partial charge in [-0.25, -0.2) is 0 Å². The van der Waals surface area contributed by atoms with Crippen molar-refractivity contribution in [2.75, 3.05) is 0 Å². The summed E-state index contributed by atoms with van der Waals surface area (Å²) in [6.07, 6.45) is 0.989. The van der Waals surface area contributed by atoms with Gasteiger partial charge in [0.2, 0.25) is 0 Å². The molecule has 0 spiro atoms. The molecule has 2 aromatic rings. The van der Waals surface area contributed by atoms with Crippen LogP contribution in [0.5, 0.6) is 0 Å². The molecule has 0 aliphatic carbocycles. The van der Waals surface area contributed by atoms with Gasteiger partial charge in [0.25, 0.3) is 0 Å². The summed E-state index contributed by atoms with van der Waals surface area (Å²) in [6, 6.07) is 15.1. The van der Waals surface area contributed by atoms with E-state index in [0.29, 0.717) is 0 Å². The van der Waals surface area contributed by atoms with E-state index in [1.54, 1.807) is 0 Å². The summed E-state index contributed by atoms with van der Waals surface area (Å²) in [4.78, 5) is 0. The van der Waals surface area contributed by atoms with Crippen LogP contribution in [0.1, 0.15) is 32.8 Å². The summed E-state index contributed by atoms with van der Waals surface area (Å²) in [6.45, 7) is 6.61. The first-order valence-corrected chi connectivity index (χ1v) is 6.57. The molecule has 1 atom stereocenters. The van der Waals surface area contributed by atoms with Crippen LogP contribution in [0, 0.1) is 0 Å².